The van der Waals surface area contributed by atoms with Crippen LogP contribution in [-0.4, -0.2) is 15.9 Å². The highest BCUT2D eigenvalue weighted by Gasteiger charge is 2.16. The summed E-state index contributed by atoms with van der Waals surface area (Å²) in [6, 6.07) is 28.3. The SMILES string of the molecule is N#Cc1ccc(N/N=C(/c2ccccc2)c2noc(-c3ccccc3)n2)cc1. The summed E-state index contributed by atoms with van der Waals surface area (Å²) in [5, 5.41) is 17.5. The van der Waals surface area contributed by atoms with E-state index in [0.717, 1.165) is 16.8 Å². The minimum absolute atomic E-state index is 0.381. The highest BCUT2D eigenvalue weighted by Crippen LogP contribution is 2.18. The van der Waals surface area contributed by atoms with Gasteiger partial charge in [0.25, 0.3) is 5.89 Å². The minimum Gasteiger partial charge on any atom is -0.334 e. The van der Waals surface area contributed by atoms with Crippen LogP contribution in [0.3, 0.4) is 0 Å². The van der Waals surface area contributed by atoms with Gasteiger partial charge < -0.3 is 4.52 Å². The molecule has 4 aromatic rings. The van der Waals surface area contributed by atoms with Crippen molar-refractivity contribution in [3.05, 3.63) is 102 Å². The van der Waals surface area contributed by atoms with Gasteiger partial charge in [-0.1, -0.05) is 53.7 Å². The number of aromatic nitrogens is 2. The van der Waals surface area contributed by atoms with Gasteiger partial charge in [-0.05, 0) is 36.4 Å². The van der Waals surface area contributed by atoms with Gasteiger partial charge in [0.1, 0.15) is 5.71 Å². The maximum Gasteiger partial charge on any atom is 0.258 e. The zero-order valence-electron chi connectivity index (χ0n) is 14.8. The van der Waals surface area contributed by atoms with Gasteiger partial charge in [-0.25, -0.2) is 0 Å². The smallest absolute Gasteiger partial charge is 0.258 e. The molecule has 1 heterocycles. The van der Waals surface area contributed by atoms with Crippen molar-refractivity contribution >= 4 is 11.4 Å². The van der Waals surface area contributed by atoms with E-state index < -0.39 is 0 Å². The minimum atomic E-state index is 0.381. The molecule has 0 aliphatic heterocycles. The lowest BCUT2D eigenvalue weighted by molar-refractivity contribution is 0.429. The fraction of sp³-hybridized carbons (Fsp3) is 0. The van der Waals surface area contributed by atoms with Crippen molar-refractivity contribution in [3.63, 3.8) is 0 Å². The van der Waals surface area contributed by atoms with Gasteiger partial charge >= 0.3 is 0 Å². The Labute approximate surface area is 161 Å². The molecule has 28 heavy (non-hydrogen) atoms. The number of nitrogens with one attached hydrogen (secondary N) is 1. The van der Waals surface area contributed by atoms with Gasteiger partial charge in [-0.15, -0.1) is 0 Å². The summed E-state index contributed by atoms with van der Waals surface area (Å²) in [5.41, 5.74) is 6.58. The summed E-state index contributed by atoms with van der Waals surface area (Å²) in [4.78, 5) is 4.51. The molecule has 0 saturated heterocycles. The van der Waals surface area contributed by atoms with Gasteiger partial charge in [0.2, 0.25) is 5.82 Å². The Balaban J connectivity index is 1.68. The zero-order chi connectivity index (χ0) is 19.2. The second kappa shape index (κ2) is 7.98. The molecule has 1 N–H and O–H groups in total. The summed E-state index contributed by atoms with van der Waals surface area (Å²) in [6.45, 7) is 0. The Hall–Kier alpha value is -4.24. The van der Waals surface area contributed by atoms with Crippen LogP contribution in [0.1, 0.15) is 17.0 Å². The molecule has 0 bridgehead atoms. The van der Waals surface area contributed by atoms with E-state index in [1.807, 2.05) is 60.7 Å². The molecule has 0 spiro atoms. The number of hydrogen-bond acceptors (Lipinski definition) is 6. The molecular formula is C22H15N5O. The van der Waals surface area contributed by atoms with Crippen molar-refractivity contribution in [1.82, 2.24) is 10.1 Å². The monoisotopic (exact) mass is 365 g/mol. The predicted octanol–water partition coefficient (Wildman–Crippen LogP) is 4.47. The van der Waals surface area contributed by atoms with Crippen molar-refractivity contribution in [3.8, 4) is 17.5 Å². The van der Waals surface area contributed by atoms with E-state index >= 15 is 0 Å². The first-order valence-corrected chi connectivity index (χ1v) is 8.62. The van der Waals surface area contributed by atoms with Crippen LogP contribution in [0.15, 0.2) is 94.6 Å². The molecule has 4 rings (SSSR count). The van der Waals surface area contributed by atoms with Crippen molar-refractivity contribution in [1.29, 1.82) is 5.26 Å². The second-order valence-electron chi connectivity index (χ2n) is 5.92. The maximum absolute atomic E-state index is 8.92. The molecule has 0 saturated carbocycles. The Morgan fingerprint density at radius 3 is 2.25 bits per heavy atom. The number of hydrazone groups is 1. The summed E-state index contributed by atoms with van der Waals surface area (Å²) < 4.78 is 5.43. The molecule has 6 nitrogen and oxygen atoms in total. The third kappa shape index (κ3) is 3.79. The van der Waals surface area contributed by atoms with Gasteiger partial charge in [-0.2, -0.15) is 15.3 Å². The lowest BCUT2D eigenvalue weighted by Gasteiger charge is -2.05. The van der Waals surface area contributed by atoms with Crippen molar-refractivity contribution < 1.29 is 4.52 Å². The highest BCUT2D eigenvalue weighted by atomic mass is 16.5. The Morgan fingerprint density at radius 2 is 1.57 bits per heavy atom. The number of nitrogens with zero attached hydrogens (tertiary/aromatic N) is 4. The normalized spacial score (nSPS) is 11.0. The van der Waals surface area contributed by atoms with Crippen molar-refractivity contribution in [2.75, 3.05) is 5.43 Å². The topological polar surface area (TPSA) is 87.1 Å². The van der Waals surface area contributed by atoms with E-state index in [4.69, 9.17) is 9.78 Å². The van der Waals surface area contributed by atoms with Crippen LogP contribution in [0, 0.1) is 11.3 Å². The van der Waals surface area contributed by atoms with Crippen molar-refractivity contribution in [2.45, 2.75) is 0 Å². The van der Waals surface area contributed by atoms with Crippen LogP contribution in [-0.2, 0) is 0 Å². The van der Waals surface area contributed by atoms with Crippen LogP contribution in [0.25, 0.3) is 11.5 Å². The number of rotatable bonds is 5. The Morgan fingerprint density at radius 1 is 0.893 bits per heavy atom. The molecule has 0 radical (unpaired) electrons. The third-order valence-corrected chi connectivity index (χ3v) is 4.02. The van der Waals surface area contributed by atoms with E-state index in [9.17, 15) is 0 Å². The molecule has 0 aliphatic carbocycles. The summed E-state index contributed by atoms with van der Waals surface area (Å²) in [5.74, 6) is 0.809. The number of nitriles is 1. The van der Waals surface area contributed by atoms with Crippen LogP contribution >= 0.6 is 0 Å². The molecule has 0 aliphatic rings. The average molecular weight is 365 g/mol. The van der Waals surface area contributed by atoms with Gasteiger partial charge in [0, 0.05) is 11.1 Å². The molecule has 0 atom stereocenters. The standard InChI is InChI=1S/C22H15N5O/c23-15-16-11-13-19(14-12-16)25-26-20(17-7-3-1-4-8-17)21-24-22(28-27-21)18-9-5-2-6-10-18/h1-14,25H/b26-20-. The molecule has 0 fully saturated rings. The quantitative estimate of drug-likeness (QED) is 0.416. The largest absolute Gasteiger partial charge is 0.334 e. The lowest BCUT2D eigenvalue weighted by Crippen LogP contribution is -2.08. The predicted molar refractivity (Wildman–Crippen MR) is 107 cm³/mol. The number of benzene rings is 3. The maximum atomic E-state index is 8.92. The first-order chi connectivity index (χ1) is 13.8. The molecule has 6 heteroatoms. The molecular weight excluding hydrogens is 350 g/mol. The first-order valence-electron chi connectivity index (χ1n) is 8.62. The summed E-state index contributed by atoms with van der Waals surface area (Å²) in [6.07, 6.45) is 0. The summed E-state index contributed by atoms with van der Waals surface area (Å²) in [7, 11) is 0. The second-order valence-corrected chi connectivity index (χ2v) is 5.92. The first kappa shape index (κ1) is 17.2. The van der Waals surface area contributed by atoms with Gasteiger partial charge in [0.15, 0.2) is 0 Å². The Kier molecular flexibility index (Phi) is 4.90. The van der Waals surface area contributed by atoms with E-state index in [-0.39, 0.29) is 0 Å². The fourth-order valence-electron chi connectivity index (χ4n) is 2.60. The summed E-state index contributed by atoms with van der Waals surface area (Å²) >= 11 is 0. The molecule has 134 valence electrons. The molecule has 3 aromatic carbocycles. The van der Waals surface area contributed by atoms with E-state index in [2.05, 4.69) is 26.7 Å². The third-order valence-electron chi connectivity index (χ3n) is 4.02. The average Bonchev–Trinajstić information content (AvgIpc) is 3.26. The van der Waals surface area contributed by atoms with Crippen LogP contribution < -0.4 is 5.43 Å². The van der Waals surface area contributed by atoms with Crippen LogP contribution in [0.5, 0.6) is 0 Å². The van der Waals surface area contributed by atoms with Crippen LogP contribution in [0.4, 0.5) is 5.69 Å². The molecule has 0 unspecified atom stereocenters. The zero-order valence-corrected chi connectivity index (χ0v) is 14.8. The molecule has 0 amide bonds. The van der Waals surface area contributed by atoms with Gasteiger partial charge in [-0.3, -0.25) is 5.43 Å². The van der Waals surface area contributed by atoms with E-state index in [1.165, 1.54) is 0 Å². The number of hydrogen-bond donors (Lipinski definition) is 1. The molecule has 1 aromatic heterocycles. The highest BCUT2D eigenvalue weighted by molar-refractivity contribution is 6.10. The fourth-order valence-corrected chi connectivity index (χ4v) is 2.60. The van der Waals surface area contributed by atoms with E-state index in [0.29, 0.717) is 23.0 Å². The van der Waals surface area contributed by atoms with Crippen molar-refractivity contribution in [2.24, 2.45) is 5.10 Å². The van der Waals surface area contributed by atoms with Crippen LogP contribution in [0.2, 0.25) is 0 Å². The Bertz CT molecular complexity index is 1130. The number of anilines is 1. The lowest BCUT2D eigenvalue weighted by atomic mass is 10.1. The van der Waals surface area contributed by atoms with Gasteiger partial charge in [0.05, 0.1) is 17.3 Å². The van der Waals surface area contributed by atoms with E-state index in [1.54, 1.807) is 24.3 Å².